The molecule has 0 aliphatic heterocycles. The van der Waals surface area contributed by atoms with Gasteiger partial charge in [-0.2, -0.15) is 0 Å². The third-order valence-electron chi connectivity index (χ3n) is 3.65. The van der Waals surface area contributed by atoms with E-state index in [0.29, 0.717) is 28.0 Å². The van der Waals surface area contributed by atoms with Gasteiger partial charge in [0.1, 0.15) is 17.3 Å². The Morgan fingerprint density at radius 1 is 1.12 bits per heavy atom. The van der Waals surface area contributed by atoms with Crippen LogP contribution >= 0.6 is 12.4 Å². The average molecular weight is 363 g/mol. The van der Waals surface area contributed by atoms with E-state index >= 15 is 0 Å². The molecule has 0 unspecified atom stereocenters. The predicted octanol–water partition coefficient (Wildman–Crippen LogP) is 3.01. The molecule has 0 fully saturated rings. The molecule has 0 heterocycles. The number of carbonyl (C=O) groups is 1. The van der Waals surface area contributed by atoms with E-state index in [0.717, 1.165) is 0 Å². The van der Waals surface area contributed by atoms with Gasteiger partial charge in [0.15, 0.2) is 0 Å². The number of ether oxygens (including phenoxy) is 1. The predicted molar refractivity (Wildman–Crippen MR) is 98.7 cm³/mol. The third kappa shape index (κ3) is 4.30. The van der Waals surface area contributed by atoms with Crippen LogP contribution in [0.5, 0.6) is 11.5 Å². The maximum atomic E-state index is 11.5. The Hall–Kier alpha value is -2.99. The summed E-state index contributed by atoms with van der Waals surface area (Å²) in [7, 11) is 1.49. The number of phenols is 1. The second-order valence-corrected chi connectivity index (χ2v) is 5.18. The molecular weight excluding hydrogens is 344 g/mol. The van der Waals surface area contributed by atoms with Gasteiger partial charge in [-0.1, -0.05) is 24.3 Å². The van der Waals surface area contributed by atoms with Crippen molar-refractivity contribution in [3.8, 4) is 11.5 Å². The molecule has 0 amide bonds. The number of hydrogen-bond acceptors (Lipinski definition) is 4. The van der Waals surface area contributed by atoms with E-state index in [9.17, 15) is 15.0 Å². The Morgan fingerprint density at radius 2 is 1.68 bits per heavy atom. The molecule has 2 rings (SSSR count). The number of hydrogen-bond donors (Lipinski definition) is 4. The minimum atomic E-state index is -1.09. The first-order valence-corrected chi connectivity index (χ1v) is 7.11. The van der Waals surface area contributed by atoms with E-state index < -0.39 is 5.97 Å². The first-order valence-electron chi connectivity index (χ1n) is 7.11. The number of aliphatic carboxylic acids is 1. The van der Waals surface area contributed by atoms with Crippen LogP contribution in [0.4, 0.5) is 0 Å². The van der Waals surface area contributed by atoms with E-state index in [1.165, 1.54) is 20.1 Å². The highest BCUT2D eigenvalue weighted by molar-refractivity contribution is 6.02. The van der Waals surface area contributed by atoms with Crippen molar-refractivity contribution >= 4 is 29.8 Å². The lowest BCUT2D eigenvalue weighted by Gasteiger charge is -2.14. The van der Waals surface area contributed by atoms with Crippen LogP contribution < -0.4 is 10.5 Å². The lowest BCUT2D eigenvalue weighted by molar-refractivity contribution is -0.132. The number of nitrogens with one attached hydrogen (secondary N) is 1. The smallest absolute Gasteiger partial charge is 0.331 e. The van der Waals surface area contributed by atoms with Gasteiger partial charge < -0.3 is 20.7 Å². The summed E-state index contributed by atoms with van der Waals surface area (Å²) in [5.41, 5.74) is 7.36. The van der Waals surface area contributed by atoms with Crippen molar-refractivity contribution in [3.63, 3.8) is 0 Å². The van der Waals surface area contributed by atoms with Gasteiger partial charge in [0.05, 0.1) is 7.11 Å². The van der Waals surface area contributed by atoms with Crippen molar-refractivity contribution in [2.75, 3.05) is 7.11 Å². The molecule has 0 aliphatic rings. The van der Waals surface area contributed by atoms with Crippen molar-refractivity contribution in [3.05, 3.63) is 64.7 Å². The Morgan fingerprint density at radius 3 is 2.16 bits per heavy atom. The topological polar surface area (TPSA) is 117 Å². The Labute approximate surface area is 151 Å². The highest BCUT2D eigenvalue weighted by atomic mass is 35.5. The van der Waals surface area contributed by atoms with Gasteiger partial charge in [0.25, 0.3) is 0 Å². The number of aromatic hydroxyl groups is 1. The molecular formula is C18H19ClN2O4. The highest BCUT2D eigenvalue weighted by Gasteiger charge is 2.18. The molecule has 2 aromatic carbocycles. The first-order chi connectivity index (χ1) is 11.3. The van der Waals surface area contributed by atoms with Crippen LogP contribution in [0.15, 0.2) is 48.0 Å². The van der Waals surface area contributed by atoms with Crippen molar-refractivity contribution in [2.45, 2.75) is 6.92 Å². The van der Waals surface area contributed by atoms with Crippen molar-refractivity contribution in [2.24, 2.45) is 5.73 Å². The summed E-state index contributed by atoms with van der Waals surface area (Å²) < 4.78 is 5.16. The highest BCUT2D eigenvalue weighted by Crippen LogP contribution is 2.35. The molecule has 0 saturated heterocycles. The SMILES string of the molecule is COc1ccc(O)c(/C(=C(\C)C(=O)O)c2ccc(C(=N)N)cc2)c1.Cl. The van der Waals surface area contributed by atoms with Crippen LogP contribution in [0.3, 0.4) is 0 Å². The number of amidine groups is 1. The first kappa shape index (κ1) is 20.1. The Balaban J connectivity index is 0.00000312. The second-order valence-electron chi connectivity index (χ2n) is 5.18. The zero-order valence-electron chi connectivity index (χ0n) is 13.7. The molecule has 7 heteroatoms. The Bertz CT molecular complexity index is 829. The monoisotopic (exact) mass is 362 g/mol. The summed E-state index contributed by atoms with van der Waals surface area (Å²) in [5.74, 6) is -0.727. The van der Waals surface area contributed by atoms with Crippen LogP contribution in [0, 0.1) is 5.41 Å². The molecule has 6 nitrogen and oxygen atoms in total. The number of rotatable bonds is 5. The van der Waals surface area contributed by atoms with Crippen LogP contribution in [0.1, 0.15) is 23.6 Å². The molecule has 0 atom stereocenters. The van der Waals surface area contributed by atoms with Gasteiger partial charge in [0.2, 0.25) is 0 Å². The zero-order valence-corrected chi connectivity index (χ0v) is 14.6. The van der Waals surface area contributed by atoms with Crippen LogP contribution in [-0.4, -0.2) is 29.1 Å². The summed E-state index contributed by atoms with van der Waals surface area (Å²) in [6, 6.07) is 11.2. The molecule has 2 aromatic rings. The van der Waals surface area contributed by atoms with E-state index in [4.69, 9.17) is 15.9 Å². The number of carboxylic acid groups (broad SMARTS) is 1. The molecule has 0 aromatic heterocycles. The summed E-state index contributed by atoms with van der Waals surface area (Å²) in [6.07, 6.45) is 0. The van der Waals surface area contributed by atoms with E-state index in [2.05, 4.69) is 0 Å². The molecule has 0 bridgehead atoms. The molecule has 132 valence electrons. The summed E-state index contributed by atoms with van der Waals surface area (Å²) >= 11 is 0. The number of methoxy groups -OCH3 is 1. The van der Waals surface area contributed by atoms with Gasteiger partial charge in [-0.15, -0.1) is 12.4 Å². The van der Waals surface area contributed by atoms with Gasteiger partial charge in [-0.05, 0) is 30.7 Å². The van der Waals surface area contributed by atoms with E-state index in [-0.39, 0.29) is 29.6 Å². The summed E-state index contributed by atoms with van der Waals surface area (Å²) in [6.45, 7) is 1.47. The summed E-state index contributed by atoms with van der Waals surface area (Å²) in [5, 5.41) is 27.0. The van der Waals surface area contributed by atoms with Gasteiger partial charge in [-0.25, -0.2) is 4.79 Å². The fraction of sp³-hybridized carbons (Fsp3) is 0.111. The van der Waals surface area contributed by atoms with Gasteiger partial charge >= 0.3 is 5.97 Å². The lowest BCUT2D eigenvalue weighted by Crippen LogP contribution is -2.10. The minimum Gasteiger partial charge on any atom is -0.507 e. The number of phenolic OH excluding ortho intramolecular Hbond substituents is 1. The molecule has 0 radical (unpaired) electrons. The second kappa shape index (κ2) is 8.21. The van der Waals surface area contributed by atoms with Crippen molar-refractivity contribution < 1.29 is 19.7 Å². The van der Waals surface area contributed by atoms with Crippen LogP contribution in [-0.2, 0) is 4.79 Å². The van der Waals surface area contributed by atoms with E-state index in [1.54, 1.807) is 36.4 Å². The average Bonchev–Trinajstić information content (AvgIpc) is 2.57. The Kier molecular flexibility index (Phi) is 6.59. The standard InChI is InChI=1S/C18H18N2O4.ClH/c1-10(18(22)23)16(11-3-5-12(6-4-11)17(19)20)14-9-13(24-2)7-8-15(14)21;/h3-9,21H,1-2H3,(H3,19,20)(H,22,23);1H/b16-10+;. The number of nitrogen functional groups attached to an aromatic ring is 1. The lowest BCUT2D eigenvalue weighted by atomic mass is 9.92. The molecule has 5 N–H and O–H groups in total. The van der Waals surface area contributed by atoms with Gasteiger partial charge in [-0.3, -0.25) is 5.41 Å². The molecule has 0 aliphatic carbocycles. The van der Waals surface area contributed by atoms with Crippen molar-refractivity contribution in [1.29, 1.82) is 5.41 Å². The van der Waals surface area contributed by atoms with Crippen LogP contribution in [0.2, 0.25) is 0 Å². The number of nitrogens with two attached hydrogens (primary N) is 1. The number of halogens is 1. The quantitative estimate of drug-likeness (QED) is 0.370. The third-order valence-corrected chi connectivity index (χ3v) is 3.65. The zero-order chi connectivity index (χ0) is 17.9. The number of carboxylic acids is 1. The fourth-order valence-corrected chi connectivity index (χ4v) is 2.34. The van der Waals surface area contributed by atoms with E-state index in [1.807, 2.05) is 0 Å². The fourth-order valence-electron chi connectivity index (χ4n) is 2.34. The van der Waals surface area contributed by atoms with Crippen molar-refractivity contribution in [1.82, 2.24) is 0 Å². The molecule has 0 spiro atoms. The van der Waals surface area contributed by atoms with Gasteiger partial charge in [0, 0.05) is 22.3 Å². The maximum absolute atomic E-state index is 11.5. The normalized spacial score (nSPS) is 11.1. The molecule has 25 heavy (non-hydrogen) atoms. The summed E-state index contributed by atoms with van der Waals surface area (Å²) in [4.78, 5) is 11.5. The number of benzene rings is 2. The largest absolute Gasteiger partial charge is 0.507 e. The molecule has 0 saturated carbocycles. The van der Waals surface area contributed by atoms with Crippen LogP contribution in [0.25, 0.3) is 5.57 Å². The maximum Gasteiger partial charge on any atom is 0.331 e. The minimum absolute atomic E-state index is 0.